The number of benzene rings is 1. The summed E-state index contributed by atoms with van der Waals surface area (Å²) in [5.74, 6) is 0.982. The Labute approximate surface area is 123 Å². The summed E-state index contributed by atoms with van der Waals surface area (Å²) in [5, 5.41) is 3.71. The van der Waals surface area contributed by atoms with Crippen molar-refractivity contribution < 1.29 is 0 Å². The summed E-state index contributed by atoms with van der Waals surface area (Å²) in [6.07, 6.45) is 5.72. The molecule has 20 heavy (non-hydrogen) atoms. The van der Waals surface area contributed by atoms with E-state index >= 15 is 0 Å². The zero-order chi connectivity index (χ0) is 13.9. The molecule has 2 saturated carbocycles. The molecule has 110 valence electrons. The lowest BCUT2D eigenvalue weighted by Crippen LogP contribution is -2.45. The molecular weight excluding hydrogens is 244 g/mol. The Bertz CT molecular complexity index is 409. The summed E-state index contributed by atoms with van der Waals surface area (Å²) in [6.45, 7) is 6.98. The van der Waals surface area contributed by atoms with E-state index in [1.807, 2.05) is 0 Å². The smallest absolute Gasteiger partial charge is 0.0475 e. The summed E-state index contributed by atoms with van der Waals surface area (Å²) in [4.78, 5) is 2.79. The van der Waals surface area contributed by atoms with Crippen LogP contribution in [0.2, 0.25) is 0 Å². The topological polar surface area (TPSA) is 15.3 Å². The molecule has 1 aromatic rings. The van der Waals surface area contributed by atoms with Gasteiger partial charge in [0.25, 0.3) is 0 Å². The van der Waals surface area contributed by atoms with Crippen LogP contribution < -0.4 is 5.32 Å². The zero-order valence-electron chi connectivity index (χ0n) is 12.9. The second-order valence-electron chi connectivity index (χ2n) is 6.56. The van der Waals surface area contributed by atoms with E-state index in [1.54, 1.807) is 0 Å². The lowest BCUT2D eigenvalue weighted by molar-refractivity contribution is 0.153. The fourth-order valence-corrected chi connectivity index (χ4v) is 3.29. The minimum absolute atomic E-state index is 0.459. The lowest BCUT2D eigenvalue weighted by atomic mass is 9.98. The molecule has 0 aliphatic heterocycles. The maximum absolute atomic E-state index is 3.71. The first kappa shape index (κ1) is 14.1. The van der Waals surface area contributed by atoms with Crippen molar-refractivity contribution in [3.63, 3.8) is 0 Å². The van der Waals surface area contributed by atoms with E-state index < -0.39 is 0 Å². The third-order valence-corrected chi connectivity index (χ3v) is 4.77. The number of nitrogens with one attached hydrogen (secondary N) is 1. The minimum Gasteiger partial charge on any atom is -0.309 e. The first-order valence-electron chi connectivity index (χ1n) is 8.33. The predicted molar refractivity (Wildman–Crippen MR) is 84.8 cm³/mol. The highest BCUT2D eigenvalue weighted by Gasteiger charge is 2.38. The summed E-state index contributed by atoms with van der Waals surface area (Å²) < 4.78 is 0. The van der Waals surface area contributed by atoms with Gasteiger partial charge >= 0.3 is 0 Å². The molecular formula is C18H28N2. The quantitative estimate of drug-likeness (QED) is 0.778. The summed E-state index contributed by atoms with van der Waals surface area (Å²) >= 11 is 0. The molecule has 0 saturated heterocycles. The van der Waals surface area contributed by atoms with Crippen LogP contribution in [0.15, 0.2) is 30.3 Å². The fraction of sp³-hybridized carbons (Fsp3) is 0.667. The van der Waals surface area contributed by atoms with Gasteiger partial charge in [-0.1, -0.05) is 37.3 Å². The third kappa shape index (κ3) is 3.42. The van der Waals surface area contributed by atoms with Crippen LogP contribution in [0.1, 0.15) is 51.1 Å². The van der Waals surface area contributed by atoms with Crippen LogP contribution in [-0.2, 0) is 0 Å². The zero-order valence-corrected chi connectivity index (χ0v) is 12.9. The van der Waals surface area contributed by atoms with Crippen molar-refractivity contribution in [2.45, 2.75) is 57.7 Å². The Hall–Kier alpha value is -0.860. The predicted octanol–water partition coefficient (Wildman–Crippen LogP) is 3.60. The number of hydrogen-bond donors (Lipinski definition) is 1. The van der Waals surface area contributed by atoms with E-state index in [4.69, 9.17) is 0 Å². The van der Waals surface area contributed by atoms with Gasteiger partial charge in [-0.2, -0.15) is 0 Å². The fourth-order valence-electron chi connectivity index (χ4n) is 3.29. The summed E-state index contributed by atoms with van der Waals surface area (Å²) in [7, 11) is 0. The van der Waals surface area contributed by atoms with Crippen LogP contribution in [-0.4, -0.2) is 30.1 Å². The molecule has 2 aliphatic carbocycles. The van der Waals surface area contributed by atoms with Gasteiger partial charge in [-0.05, 0) is 50.6 Å². The van der Waals surface area contributed by atoms with Gasteiger partial charge in [0.15, 0.2) is 0 Å². The molecule has 2 aliphatic rings. The van der Waals surface area contributed by atoms with Gasteiger partial charge in [0.05, 0.1) is 0 Å². The molecule has 2 unspecified atom stereocenters. The number of nitrogens with zero attached hydrogens (tertiary/aromatic N) is 1. The highest BCUT2D eigenvalue weighted by atomic mass is 15.2. The molecule has 0 bridgehead atoms. The maximum atomic E-state index is 3.71. The molecule has 1 N–H and O–H groups in total. The molecule has 0 spiro atoms. The Morgan fingerprint density at radius 1 is 1.15 bits per heavy atom. The molecule has 0 heterocycles. The molecule has 3 rings (SSSR count). The van der Waals surface area contributed by atoms with Crippen LogP contribution in [0.4, 0.5) is 0 Å². The number of likely N-dealkylation sites (N-methyl/N-ethyl adjacent to an activating group) is 1. The highest BCUT2D eigenvalue weighted by molar-refractivity contribution is 5.21. The standard InChI is InChI=1S/C18H28N2/c1-3-19-18(16-7-5-4-6-8-16)14(2)20(17-11-12-17)13-15-9-10-15/h4-8,14-15,17-19H,3,9-13H2,1-2H3. The first-order valence-corrected chi connectivity index (χ1v) is 8.33. The van der Waals surface area contributed by atoms with Gasteiger partial charge in [-0.15, -0.1) is 0 Å². The molecule has 0 amide bonds. The lowest BCUT2D eigenvalue weighted by Gasteiger charge is -2.36. The second kappa shape index (κ2) is 6.28. The van der Waals surface area contributed by atoms with Gasteiger partial charge in [-0.25, -0.2) is 0 Å². The van der Waals surface area contributed by atoms with Gasteiger partial charge < -0.3 is 5.32 Å². The SMILES string of the molecule is CCNC(c1ccccc1)C(C)N(CC1CC1)C1CC1. The van der Waals surface area contributed by atoms with E-state index in [0.29, 0.717) is 12.1 Å². The average Bonchev–Trinajstić information content (AvgIpc) is 3.36. The van der Waals surface area contributed by atoms with E-state index in [2.05, 4.69) is 54.4 Å². The Kier molecular flexibility index (Phi) is 4.42. The van der Waals surface area contributed by atoms with Crippen molar-refractivity contribution in [2.75, 3.05) is 13.1 Å². The maximum Gasteiger partial charge on any atom is 0.0475 e. The van der Waals surface area contributed by atoms with E-state index in [1.165, 1.54) is 37.8 Å². The van der Waals surface area contributed by atoms with E-state index in [9.17, 15) is 0 Å². The second-order valence-corrected chi connectivity index (χ2v) is 6.56. The highest BCUT2D eigenvalue weighted by Crippen LogP contribution is 2.38. The van der Waals surface area contributed by atoms with Gasteiger partial charge in [0.2, 0.25) is 0 Å². The third-order valence-electron chi connectivity index (χ3n) is 4.77. The summed E-state index contributed by atoms with van der Waals surface area (Å²) in [6, 6.07) is 12.9. The largest absolute Gasteiger partial charge is 0.309 e. The Morgan fingerprint density at radius 2 is 1.85 bits per heavy atom. The number of hydrogen-bond acceptors (Lipinski definition) is 2. The van der Waals surface area contributed by atoms with Crippen LogP contribution >= 0.6 is 0 Å². The van der Waals surface area contributed by atoms with E-state index in [-0.39, 0.29) is 0 Å². The summed E-state index contributed by atoms with van der Waals surface area (Å²) in [5.41, 5.74) is 1.43. The van der Waals surface area contributed by atoms with Gasteiger partial charge in [0.1, 0.15) is 0 Å². The Morgan fingerprint density at radius 3 is 2.40 bits per heavy atom. The van der Waals surface area contributed by atoms with Crippen molar-refractivity contribution in [3.8, 4) is 0 Å². The van der Waals surface area contributed by atoms with Crippen molar-refractivity contribution in [1.29, 1.82) is 0 Å². The number of rotatable bonds is 8. The monoisotopic (exact) mass is 272 g/mol. The molecule has 1 aromatic carbocycles. The molecule has 2 fully saturated rings. The molecule has 2 heteroatoms. The van der Waals surface area contributed by atoms with Crippen molar-refractivity contribution in [2.24, 2.45) is 5.92 Å². The van der Waals surface area contributed by atoms with Crippen LogP contribution in [0, 0.1) is 5.92 Å². The van der Waals surface area contributed by atoms with Crippen LogP contribution in [0.3, 0.4) is 0 Å². The normalized spacial score (nSPS) is 21.9. The molecule has 0 radical (unpaired) electrons. The molecule has 2 atom stereocenters. The van der Waals surface area contributed by atoms with Gasteiger partial charge in [-0.3, -0.25) is 4.90 Å². The molecule has 2 nitrogen and oxygen atoms in total. The Balaban J connectivity index is 1.74. The van der Waals surface area contributed by atoms with Crippen LogP contribution in [0.5, 0.6) is 0 Å². The minimum atomic E-state index is 0.459. The first-order chi connectivity index (χ1) is 9.79. The van der Waals surface area contributed by atoms with Crippen molar-refractivity contribution in [3.05, 3.63) is 35.9 Å². The van der Waals surface area contributed by atoms with E-state index in [0.717, 1.165) is 18.5 Å². The molecule has 0 aromatic heterocycles. The average molecular weight is 272 g/mol. The van der Waals surface area contributed by atoms with Crippen molar-refractivity contribution in [1.82, 2.24) is 10.2 Å². The van der Waals surface area contributed by atoms with Gasteiger partial charge in [0, 0.05) is 24.7 Å². The van der Waals surface area contributed by atoms with Crippen molar-refractivity contribution >= 4 is 0 Å². The van der Waals surface area contributed by atoms with Crippen LogP contribution in [0.25, 0.3) is 0 Å².